The minimum absolute atomic E-state index is 0.0171. The molecule has 0 bridgehead atoms. The average Bonchev–Trinajstić information content (AvgIpc) is 3.11. The van der Waals surface area contributed by atoms with Crippen molar-refractivity contribution >= 4 is 0 Å². The Kier molecular flexibility index (Phi) is 2.62. The molecule has 1 aromatic carbocycles. The zero-order chi connectivity index (χ0) is 11.9. The summed E-state index contributed by atoms with van der Waals surface area (Å²) >= 11 is 0. The maximum atomic E-state index is 6.26. The van der Waals surface area contributed by atoms with Crippen LogP contribution in [0.1, 0.15) is 44.2 Å². The standard InChI is InChI=1S/C15H21NO/c1-15(9-11-7-8-11)10-13(16-2)12-5-3-4-6-14(12)17-15/h3-6,11,13,16H,7-10H2,1-2H3. The van der Waals surface area contributed by atoms with Crippen molar-refractivity contribution in [3.8, 4) is 5.75 Å². The van der Waals surface area contributed by atoms with Gasteiger partial charge in [0.1, 0.15) is 11.4 Å². The Hall–Kier alpha value is -1.02. The summed E-state index contributed by atoms with van der Waals surface area (Å²) in [6, 6.07) is 8.87. The molecule has 17 heavy (non-hydrogen) atoms. The second kappa shape index (κ2) is 4.02. The minimum atomic E-state index is 0.0171. The number of benzene rings is 1. The molecule has 2 nitrogen and oxygen atoms in total. The number of para-hydroxylation sites is 1. The van der Waals surface area contributed by atoms with Gasteiger partial charge in [-0.25, -0.2) is 0 Å². The number of rotatable bonds is 3. The number of ether oxygens (including phenoxy) is 1. The number of nitrogens with one attached hydrogen (secondary N) is 1. The van der Waals surface area contributed by atoms with Gasteiger partial charge >= 0.3 is 0 Å². The van der Waals surface area contributed by atoms with Crippen LogP contribution in [0.15, 0.2) is 24.3 Å². The Morgan fingerprint density at radius 2 is 2.12 bits per heavy atom. The van der Waals surface area contributed by atoms with Crippen LogP contribution in [0, 0.1) is 5.92 Å². The van der Waals surface area contributed by atoms with Crippen molar-refractivity contribution in [3.63, 3.8) is 0 Å². The molecule has 1 N–H and O–H groups in total. The van der Waals surface area contributed by atoms with Crippen LogP contribution in [-0.2, 0) is 0 Å². The Balaban J connectivity index is 1.88. The van der Waals surface area contributed by atoms with Gasteiger partial charge in [-0.15, -0.1) is 0 Å². The minimum Gasteiger partial charge on any atom is -0.487 e. The summed E-state index contributed by atoms with van der Waals surface area (Å²) in [5.74, 6) is 1.98. The monoisotopic (exact) mass is 231 g/mol. The van der Waals surface area contributed by atoms with Crippen LogP contribution >= 0.6 is 0 Å². The summed E-state index contributed by atoms with van der Waals surface area (Å²) in [5, 5.41) is 3.43. The Morgan fingerprint density at radius 3 is 2.82 bits per heavy atom. The van der Waals surface area contributed by atoms with Crippen LogP contribution < -0.4 is 10.1 Å². The zero-order valence-corrected chi connectivity index (χ0v) is 10.7. The molecule has 1 aliphatic carbocycles. The SMILES string of the molecule is CNC1CC(C)(CC2CC2)Oc2ccccc21. The van der Waals surface area contributed by atoms with E-state index in [4.69, 9.17) is 4.74 Å². The third-order valence-corrected chi connectivity index (χ3v) is 4.05. The van der Waals surface area contributed by atoms with Gasteiger partial charge in [0.05, 0.1) is 0 Å². The molecule has 1 aromatic rings. The quantitative estimate of drug-likeness (QED) is 0.862. The highest BCUT2D eigenvalue weighted by molar-refractivity contribution is 5.38. The Bertz CT molecular complexity index is 413. The van der Waals surface area contributed by atoms with E-state index in [9.17, 15) is 0 Å². The fraction of sp³-hybridized carbons (Fsp3) is 0.600. The van der Waals surface area contributed by atoms with Crippen LogP contribution in [0.3, 0.4) is 0 Å². The van der Waals surface area contributed by atoms with Crippen LogP contribution in [0.25, 0.3) is 0 Å². The van der Waals surface area contributed by atoms with E-state index in [1.165, 1.54) is 24.8 Å². The van der Waals surface area contributed by atoms with Gasteiger partial charge in [0.25, 0.3) is 0 Å². The molecule has 1 saturated carbocycles. The van der Waals surface area contributed by atoms with Crippen molar-refractivity contribution in [1.82, 2.24) is 5.32 Å². The molecule has 1 fully saturated rings. The molecule has 2 unspecified atom stereocenters. The van der Waals surface area contributed by atoms with Gasteiger partial charge < -0.3 is 10.1 Å². The molecule has 3 rings (SSSR count). The first-order chi connectivity index (χ1) is 8.20. The van der Waals surface area contributed by atoms with Crippen molar-refractivity contribution in [3.05, 3.63) is 29.8 Å². The van der Waals surface area contributed by atoms with Gasteiger partial charge in [-0.3, -0.25) is 0 Å². The predicted molar refractivity (Wildman–Crippen MR) is 69.2 cm³/mol. The van der Waals surface area contributed by atoms with Gasteiger partial charge in [-0.1, -0.05) is 31.0 Å². The molecule has 2 aliphatic rings. The van der Waals surface area contributed by atoms with E-state index in [2.05, 4.69) is 36.5 Å². The third kappa shape index (κ3) is 2.19. The smallest absolute Gasteiger partial charge is 0.124 e. The molecule has 1 heterocycles. The lowest BCUT2D eigenvalue weighted by molar-refractivity contribution is 0.0357. The summed E-state index contributed by atoms with van der Waals surface area (Å²) in [6.45, 7) is 2.27. The van der Waals surface area contributed by atoms with Crippen LogP contribution in [0.5, 0.6) is 5.75 Å². The van der Waals surface area contributed by atoms with Crippen LogP contribution in [0.2, 0.25) is 0 Å². The molecule has 0 saturated heterocycles. The van der Waals surface area contributed by atoms with Crippen molar-refractivity contribution in [2.24, 2.45) is 5.92 Å². The van der Waals surface area contributed by atoms with E-state index in [0.717, 1.165) is 18.1 Å². The fourth-order valence-corrected chi connectivity index (χ4v) is 3.03. The van der Waals surface area contributed by atoms with Crippen molar-refractivity contribution in [2.75, 3.05) is 7.05 Å². The lowest BCUT2D eigenvalue weighted by Crippen LogP contribution is -2.41. The van der Waals surface area contributed by atoms with Gasteiger partial charge in [0.2, 0.25) is 0 Å². The molecule has 0 spiro atoms. The lowest BCUT2D eigenvalue weighted by atomic mass is 9.85. The van der Waals surface area contributed by atoms with E-state index >= 15 is 0 Å². The van der Waals surface area contributed by atoms with Crippen LogP contribution in [-0.4, -0.2) is 12.6 Å². The van der Waals surface area contributed by atoms with Gasteiger partial charge in [-0.05, 0) is 32.4 Å². The number of fused-ring (bicyclic) bond motifs is 1. The maximum absolute atomic E-state index is 6.26. The summed E-state index contributed by atoms with van der Waals surface area (Å²) in [6.07, 6.45) is 5.08. The number of hydrogen-bond acceptors (Lipinski definition) is 2. The first-order valence-electron chi connectivity index (χ1n) is 6.65. The molecule has 0 amide bonds. The molecule has 0 aromatic heterocycles. The highest BCUT2D eigenvalue weighted by Crippen LogP contribution is 2.46. The normalized spacial score (nSPS) is 31.8. The summed E-state index contributed by atoms with van der Waals surface area (Å²) in [5.41, 5.74) is 1.33. The first kappa shape index (κ1) is 11.1. The maximum Gasteiger partial charge on any atom is 0.124 e. The van der Waals surface area contributed by atoms with E-state index in [0.29, 0.717) is 6.04 Å². The Morgan fingerprint density at radius 1 is 1.35 bits per heavy atom. The van der Waals surface area contributed by atoms with Crippen molar-refractivity contribution in [1.29, 1.82) is 0 Å². The van der Waals surface area contributed by atoms with Crippen molar-refractivity contribution in [2.45, 2.75) is 44.2 Å². The first-order valence-corrected chi connectivity index (χ1v) is 6.65. The van der Waals surface area contributed by atoms with E-state index in [1.54, 1.807) is 0 Å². The van der Waals surface area contributed by atoms with Crippen molar-refractivity contribution < 1.29 is 4.74 Å². The average molecular weight is 231 g/mol. The Labute approximate surface area is 103 Å². The van der Waals surface area contributed by atoms with Gasteiger partial charge in [0.15, 0.2) is 0 Å². The zero-order valence-electron chi connectivity index (χ0n) is 10.7. The number of hydrogen-bond donors (Lipinski definition) is 1. The summed E-state index contributed by atoms with van der Waals surface area (Å²) < 4.78 is 6.26. The highest BCUT2D eigenvalue weighted by Gasteiger charge is 2.40. The molecule has 2 heteroatoms. The molecule has 1 aliphatic heterocycles. The fourth-order valence-electron chi connectivity index (χ4n) is 3.03. The highest BCUT2D eigenvalue weighted by atomic mass is 16.5. The van der Waals surface area contributed by atoms with E-state index < -0.39 is 0 Å². The lowest BCUT2D eigenvalue weighted by Gasteiger charge is -2.40. The van der Waals surface area contributed by atoms with E-state index in [1.807, 2.05) is 7.05 Å². The van der Waals surface area contributed by atoms with Gasteiger partial charge in [0, 0.05) is 18.0 Å². The second-order valence-electron chi connectivity index (χ2n) is 5.78. The molecular formula is C15H21NO. The third-order valence-electron chi connectivity index (χ3n) is 4.05. The molecule has 0 radical (unpaired) electrons. The molecule has 92 valence electrons. The molecular weight excluding hydrogens is 210 g/mol. The van der Waals surface area contributed by atoms with E-state index in [-0.39, 0.29) is 5.60 Å². The molecule has 2 atom stereocenters. The summed E-state index contributed by atoms with van der Waals surface area (Å²) in [4.78, 5) is 0. The topological polar surface area (TPSA) is 21.3 Å². The second-order valence-corrected chi connectivity index (χ2v) is 5.78. The van der Waals surface area contributed by atoms with Crippen LogP contribution in [0.4, 0.5) is 0 Å². The van der Waals surface area contributed by atoms with Gasteiger partial charge in [-0.2, -0.15) is 0 Å². The predicted octanol–water partition coefficient (Wildman–Crippen LogP) is 3.29. The largest absolute Gasteiger partial charge is 0.487 e. The summed E-state index contributed by atoms with van der Waals surface area (Å²) in [7, 11) is 2.05.